The van der Waals surface area contributed by atoms with E-state index in [1.807, 2.05) is 0 Å². The summed E-state index contributed by atoms with van der Waals surface area (Å²) < 4.78 is 45.4. The Morgan fingerprint density at radius 3 is 2.52 bits per heavy atom. The van der Waals surface area contributed by atoms with Gasteiger partial charge in [-0.3, -0.25) is 15.0 Å². The Bertz CT molecular complexity index is 1320. The van der Waals surface area contributed by atoms with Crippen molar-refractivity contribution in [3.8, 4) is 5.75 Å². The van der Waals surface area contributed by atoms with Gasteiger partial charge in [-0.2, -0.15) is 0 Å². The van der Waals surface area contributed by atoms with Gasteiger partial charge >= 0.3 is 0 Å². The number of aliphatic hydroxyl groups is 1. The van der Waals surface area contributed by atoms with Crippen LogP contribution in [0.1, 0.15) is 42.9 Å². The molecule has 1 aromatic heterocycles. The molecule has 12 heteroatoms. The number of pyridine rings is 1. The zero-order valence-electron chi connectivity index (χ0n) is 22.2. The first-order valence-corrected chi connectivity index (χ1v) is 13.1. The number of aromatic nitrogens is 1. The summed E-state index contributed by atoms with van der Waals surface area (Å²) >= 11 is 0. The fourth-order valence-electron chi connectivity index (χ4n) is 5.40. The van der Waals surface area contributed by atoms with Crippen molar-refractivity contribution in [2.45, 2.75) is 38.3 Å². The summed E-state index contributed by atoms with van der Waals surface area (Å²) in [5.74, 6) is -3.93. The van der Waals surface area contributed by atoms with Crippen molar-refractivity contribution in [1.82, 2.24) is 15.4 Å². The van der Waals surface area contributed by atoms with Crippen LogP contribution in [0.5, 0.6) is 5.75 Å². The average molecular weight is 562 g/mol. The molecule has 9 nitrogen and oxygen atoms in total. The second-order valence-corrected chi connectivity index (χ2v) is 10.1. The Labute approximate surface area is 230 Å². The zero-order chi connectivity index (χ0) is 28.9. The smallest absolute Gasteiger partial charge is 0.249 e. The van der Waals surface area contributed by atoms with Crippen molar-refractivity contribution in [1.29, 1.82) is 0 Å². The molecule has 0 bridgehead atoms. The van der Waals surface area contributed by atoms with Crippen molar-refractivity contribution in [3.63, 3.8) is 0 Å². The lowest BCUT2D eigenvalue weighted by Gasteiger charge is -2.40. The van der Waals surface area contributed by atoms with Gasteiger partial charge in [0.05, 0.1) is 24.1 Å². The van der Waals surface area contributed by atoms with Crippen LogP contribution in [0.3, 0.4) is 0 Å². The monoisotopic (exact) mass is 561 g/mol. The van der Waals surface area contributed by atoms with Gasteiger partial charge in [0.15, 0.2) is 17.5 Å². The van der Waals surface area contributed by atoms with Crippen molar-refractivity contribution >= 4 is 22.5 Å². The van der Waals surface area contributed by atoms with Gasteiger partial charge in [-0.15, -0.1) is 0 Å². The number of aliphatic hydroxyl groups excluding tert-OH is 1. The van der Waals surface area contributed by atoms with Gasteiger partial charge < -0.3 is 25.8 Å². The fraction of sp³-hybridized carbons (Fsp3) is 0.429. The standard InChI is InChI=1S/C28H34F3N5O4/c1-40-19-2-3-23-20(14-19)25(17(15-32)16-34-23)24(37)4-5-28(27(38)35-39)6-9-36(10-7-28)11-8-33-18-12-21(29)26(31)22(30)13-18/h2-3,12-14,16,24,33,37,39H,4-11,15,32H2,1H3,(H,35,38)/t24-/m1/s1. The molecule has 6 N–H and O–H groups in total. The van der Waals surface area contributed by atoms with Crippen LogP contribution in [0.2, 0.25) is 0 Å². The van der Waals surface area contributed by atoms with Crippen molar-refractivity contribution in [2.75, 3.05) is 38.6 Å². The molecule has 1 atom stereocenters. The third-order valence-corrected chi connectivity index (χ3v) is 7.79. The Hall–Kier alpha value is -3.45. The average Bonchev–Trinajstić information content (AvgIpc) is 2.97. The van der Waals surface area contributed by atoms with Crippen LogP contribution < -0.4 is 21.3 Å². The summed E-state index contributed by atoms with van der Waals surface area (Å²) in [6.07, 6.45) is 2.14. The minimum absolute atomic E-state index is 0.134. The quantitative estimate of drug-likeness (QED) is 0.136. The number of benzene rings is 2. The molecule has 0 spiro atoms. The number of ether oxygens (including phenoxy) is 1. The zero-order valence-corrected chi connectivity index (χ0v) is 22.2. The van der Waals surface area contributed by atoms with E-state index in [0.29, 0.717) is 67.8 Å². The number of carbonyl (C=O) groups excluding carboxylic acids is 1. The number of likely N-dealkylation sites (tertiary alicyclic amines) is 1. The van der Waals surface area contributed by atoms with E-state index in [2.05, 4.69) is 15.2 Å². The highest BCUT2D eigenvalue weighted by Crippen LogP contribution is 2.40. The molecule has 40 heavy (non-hydrogen) atoms. The van der Waals surface area contributed by atoms with Crippen LogP contribution in [-0.2, 0) is 11.3 Å². The van der Waals surface area contributed by atoms with E-state index < -0.39 is 34.9 Å². The summed E-state index contributed by atoms with van der Waals surface area (Å²) in [4.78, 5) is 19.3. The lowest BCUT2D eigenvalue weighted by atomic mass is 9.73. The van der Waals surface area contributed by atoms with Gasteiger partial charge in [-0.05, 0) is 68.1 Å². The highest BCUT2D eigenvalue weighted by atomic mass is 19.2. The number of nitrogens with one attached hydrogen (secondary N) is 2. The topological polar surface area (TPSA) is 133 Å². The van der Waals surface area contributed by atoms with E-state index in [-0.39, 0.29) is 18.7 Å². The summed E-state index contributed by atoms with van der Waals surface area (Å²) in [7, 11) is 1.56. The summed E-state index contributed by atoms with van der Waals surface area (Å²) in [5.41, 5.74) is 9.01. The molecule has 4 rings (SSSR count). The maximum atomic E-state index is 13.5. The molecule has 0 radical (unpaired) electrons. The number of hydrogen-bond donors (Lipinski definition) is 5. The van der Waals surface area contributed by atoms with Gasteiger partial charge in [-0.1, -0.05) is 0 Å². The molecule has 1 aliphatic heterocycles. The molecular formula is C28H34F3N5O4. The minimum Gasteiger partial charge on any atom is -0.497 e. The van der Waals surface area contributed by atoms with Gasteiger partial charge in [0.1, 0.15) is 5.75 Å². The Kier molecular flexibility index (Phi) is 9.46. The van der Waals surface area contributed by atoms with Crippen molar-refractivity contribution < 1.29 is 33.0 Å². The van der Waals surface area contributed by atoms with Crippen molar-refractivity contribution in [3.05, 3.63) is 65.1 Å². The molecule has 1 saturated heterocycles. The second-order valence-electron chi connectivity index (χ2n) is 10.1. The Morgan fingerprint density at radius 1 is 1.20 bits per heavy atom. The number of anilines is 1. The molecule has 0 saturated carbocycles. The fourth-order valence-corrected chi connectivity index (χ4v) is 5.40. The lowest BCUT2D eigenvalue weighted by Crippen LogP contribution is -2.49. The van der Waals surface area contributed by atoms with Crippen LogP contribution in [0, 0.1) is 22.9 Å². The van der Waals surface area contributed by atoms with Gasteiger partial charge in [0.25, 0.3) is 0 Å². The highest BCUT2D eigenvalue weighted by Gasteiger charge is 2.41. The van der Waals surface area contributed by atoms with Crippen molar-refractivity contribution in [2.24, 2.45) is 11.1 Å². The first-order chi connectivity index (χ1) is 19.2. The number of nitrogens with two attached hydrogens (primary N) is 1. The molecule has 1 amide bonds. The number of hydrogen-bond acceptors (Lipinski definition) is 8. The first-order valence-electron chi connectivity index (χ1n) is 13.1. The lowest BCUT2D eigenvalue weighted by molar-refractivity contribution is -0.143. The number of piperidine rings is 1. The number of rotatable bonds is 11. The Morgan fingerprint density at radius 2 is 1.90 bits per heavy atom. The molecule has 216 valence electrons. The second kappa shape index (κ2) is 12.8. The number of carbonyl (C=O) groups is 1. The van der Waals surface area contributed by atoms with E-state index in [1.54, 1.807) is 37.0 Å². The highest BCUT2D eigenvalue weighted by molar-refractivity contribution is 5.85. The number of amides is 1. The normalized spacial score (nSPS) is 16.1. The summed E-state index contributed by atoms with van der Waals surface area (Å²) in [6.45, 7) is 2.10. The molecule has 2 aromatic carbocycles. The van der Waals surface area contributed by atoms with Crippen LogP contribution in [-0.4, -0.2) is 59.4 Å². The maximum Gasteiger partial charge on any atom is 0.249 e. The van der Waals surface area contributed by atoms with E-state index in [4.69, 9.17) is 10.5 Å². The molecule has 2 heterocycles. The number of fused-ring (bicyclic) bond motifs is 1. The Balaban J connectivity index is 1.41. The summed E-state index contributed by atoms with van der Waals surface area (Å²) in [5, 5.41) is 24.4. The van der Waals surface area contributed by atoms with Gasteiger partial charge in [0, 0.05) is 49.0 Å². The van der Waals surface area contributed by atoms with Crippen LogP contribution in [0.25, 0.3) is 10.9 Å². The third-order valence-electron chi connectivity index (χ3n) is 7.79. The minimum atomic E-state index is -1.51. The van der Waals surface area contributed by atoms with Gasteiger partial charge in [0.2, 0.25) is 5.91 Å². The SMILES string of the molecule is COc1ccc2ncc(CN)c([C@H](O)CCC3(C(=O)NO)CCN(CCNc4cc(F)c(F)c(F)c4)CC3)c2c1. The third kappa shape index (κ3) is 6.30. The van der Waals surface area contributed by atoms with Gasteiger partial charge in [-0.25, -0.2) is 18.7 Å². The molecule has 3 aromatic rings. The van der Waals surface area contributed by atoms with E-state index in [9.17, 15) is 28.3 Å². The molecule has 0 unspecified atom stereocenters. The predicted octanol–water partition coefficient (Wildman–Crippen LogP) is 3.63. The molecule has 0 aliphatic carbocycles. The van der Waals surface area contributed by atoms with Crippen LogP contribution >= 0.6 is 0 Å². The molecular weight excluding hydrogens is 527 g/mol. The van der Waals surface area contributed by atoms with E-state index in [0.717, 1.165) is 17.5 Å². The number of hydroxylamine groups is 1. The largest absolute Gasteiger partial charge is 0.497 e. The van der Waals surface area contributed by atoms with Crippen LogP contribution in [0.4, 0.5) is 18.9 Å². The van der Waals surface area contributed by atoms with E-state index >= 15 is 0 Å². The van der Waals surface area contributed by atoms with Crippen LogP contribution in [0.15, 0.2) is 36.5 Å². The van der Waals surface area contributed by atoms with E-state index in [1.165, 1.54) is 0 Å². The number of nitrogens with zero attached hydrogens (tertiary/aromatic N) is 2. The predicted molar refractivity (Wildman–Crippen MR) is 143 cm³/mol. The number of methoxy groups -OCH3 is 1. The number of halogens is 3. The maximum absolute atomic E-state index is 13.5. The molecule has 1 aliphatic rings. The summed E-state index contributed by atoms with van der Waals surface area (Å²) in [6, 6.07) is 7.19. The first kappa shape index (κ1) is 29.5. The molecule has 1 fully saturated rings.